The zero-order valence-electron chi connectivity index (χ0n) is 11.1. The van der Waals surface area contributed by atoms with Crippen LogP contribution in [0.3, 0.4) is 0 Å². The van der Waals surface area contributed by atoms with Crippen molar-refractivity contribution in [1.29, 1.82) is 0 Å². The quantitative estimate of drug-likeness (QED) is 0.368. The molecule has 2 rings (SSSR count). The Hall–Kier alpha value is -1.24. The van der Waals surface area contributed by atoms with Crippen LogP contribution in [0.15, 0.2) is 41.4 Å². The molecule has 5 heteroatoms. The van der Waals surface area contributed by atoms with E-state index in [9.17, 15) is 0 Å². The van der Waals surface area contributed by atoms with Crippen molar-refractivity contribution in [3.8, 4) is 5.75 Å². The van der Waals surface area contributed by atoms with Crippen LogP contribution in [0, 0.1) is 0 Å². The van der Waals surface area contributed by atoms with Gasteiger partial charge in [-0.15, -0.1) is 24.0 Å². The van der Waals surface area contributed by atoms with Gasteiger partial charge in [0, 0.05) is 6.42 Å². The second kappa shape index (κ2) is 7.37. The first-order valence-corrected chi connectivity index (χ1v) is 6.08. The van der Waals surface area contributed by atoms with Crippen molar-refractivity contribution in [2.75, 3.05) is 13.1 Å². The molecule has 0 amide bonds. The number of nitrogens with one attached hydrogen (secondary N) is 1. The van der Waals surface area contributed by atoms with Crippen LogP contribution < -0.4 is 15.8 Å². The Balaban J connectivity index is 0.00000180. The molecule has 1 aromatic rings. The molecule has 1 atom stereocenters. The van der Waals surface area contributed by atoms with Gasteiger partial charge in [0.2, 0.25) is 0 Å². The van der Waals surface area contributed by atoms with Gasteiger partial charge in [0.05, 0.1) is 13.1 Å². The van der Waals surface area contributed by atoms with Gasteiger partial charge in [0.1, 0.15) is 11.9 Å². The molecular formula is C14H20IN3O. The minimum Gasteiger partial charge on any atom is -0.488 e. The lowest BCUT2D eigenvalue weighted by molar-refractivity contribution is 0.235. The Labute approximate surface area is 131 Å². The van der Waals surface area contributed by atoms with Gasteiger partial charge in [0.25, 0.3) is 0 Å². The monoisotopic (exact) mass is 373 g/mol. The number of aliphatic imine (C=N–C) groups is 1. The van der Waals surface area contributed by atoms with Gasteiger partial charge in [-0.05, 0) is 18.6 Å². The first kappa shape index (κ1) is 15.8. The van der Waals surface area contributed by atoms with Crippen LogP contribution >= 0.6 is 24.0 Å². The summed E-state index contributed by atoms with van der Waals surface area (Å²) in [5.74, 6) is 1.42. The van der Waals surface area contributed by atoms with E-state index in [-0.39, 0.29) is 30.1 Å². The molecule has 0 radical (unpaired) electrons. The summed E-state index contributed by atoms with van der Waals surface area (Å²) in [6.45, 7) is 6.93. The first-order valence-electron chi connectivity index (χ1n) is 6.08. The van der Waals surface area contributed by atoms with Crippen molar-refractivity contribution in [3.05, 3.63) is 42.0 Å². The summed E-state index contributed by atoms with van der Waals surface area (Å²) in [5.41, 5.74) is 7.99. The lowest BCUT2D eigenvalue weighted by atomic mass is 10.1. The van der Waals surface area contributed by atoms with Gasteiger partial charge in [-0.3, -0.25) is 0 Å². The Bertz CT molecular complexity index is 449. The van der Waals surface area contributed by atoms with Gasteiger partial charge >= 0.3 is 0 Å². The zero-order valence-corrected chi connectivity index (χ0v) is 13.4. The Kier molecular flexibility index (Phi) is 6.14. The molecule has 0 fully saturated rings. The van der Waals surface area contributed by atoms with Crippen molar-refractivity contribution >= 4 is 29.9 Å². The highest BCUT2D eigenvalue weighted by Gasteiger charge is 2.21. The molecule has 0 bridgehead atoms. The minimum absolute atomic E-state index is 0. The highest BCUT2D eigenvalue weighted by molar-refractivity contribution is 14.0. The van der Waals surface area contributed by atoms with E-state index >= 15 is 0 Å². The van der Waals surface area contributed by atoms with Crippen LogP contribution in [0.4, 0.5) is 0 Å². The number of hydrogen-bond donors (Lipinski definition) is 2. The van der Waals surface area contributed by atoms with Crippen LogP contribution in [-0.2, 0) is 6.42 Å². The van der Waals surface area contributed by atoms with Gasteiger partial charge < -0.3 is 15.8 Å². The van der Waals surface area contributed by atoms with E-state index in [0.29, 0.717) is 19.0 Å². The topological polar surface area (TPSA) is 59.6 Å². The fraction of sp³-hybridized carbons (Fsp3) is 0.357. The molecule has 19 heavy (non-hydrogen) atoms. The van der Waals surface area contributed by atoms with Gasteiger partial charge in [-0.25, -0.2) is 4.99 Å². The normalized spacial score (nSPS) is 17.1. The third-order valence-electron chi connectivity index (χ3n) is 2.74. The van der Waals surface area contributed by atoms with Crippen molar-refractivity contribution in [1.82, 2.24) is 5.32 Å². The Morgan fingerprint density at radius 2 is 2.26 bits per heavy atom. The molecule has 0 spiro atoms. The molecule has 4 nitrogen and oxygen atoms in total. The number of para-hydroxylation sites is 1. The van der Waals surface area contributed by atoms with Crippen molar-refractivity contribution in [3.63, 3.8) is 0 Å². The second-order valence-corrected chi connectivity index (χ2v) is 4.59. The maximum absolute atomic E-state index is 5.79. The molecule has 0 saturated heterocycles. The summed E-state index contributed by atoms with van der Waals surface area (Å²) >= 11 is 0. The van der Waals surface area contributed by atoms with Crippen LogP contribution in [0.5, 0.6) is 5.75 Å². The third-order valence-corrected chi connectivity index (χ3v) is 2.74. The molecule has 0 saturated carbocycles. The first-order chi connectivity index (χ1) is 8.65. The van der Waals surface area contributed by atoms with E-state index in [2.05, 4.69) is 23.0 Å². The number of hydrogen-bond acceptors (Lipinski definition) is 2. The van der Waals surface area contributed by atoms with Crippen molar-refractivity contribution in [2.24, 2.45) is 10.7 Å². The Morgan fingerprint density at radius 3 is 2.95 bits per heavy atom. The number of fused-ring (bicyclic) bond motifs is 1. The maximum Gasteiger partial charge on any atom is 0.189 e. The number of nitrogens with two attached hydrogens (primary N) is 1. The third kappa shape index (κ3) is 4.74. The van der Waals surface area contributed by atoms with Crippen LogP contribution in [-0.4, -0.2) is 25.2 Å². The van der Waals surface area contributed by atoms with Gasteiger partial charge in [-0.2, -0.15) is 0 Å². The van der Waals surface area contributed by atoms with Gasteiger partial charge in [-0.1, -0.05) is 30.4 Å². The number of nitrogens with zero attached hydrogens (tertiary/aromatic N) is 1. The molecule has 104 valence electrons. The molecule has 1 aliphatic rings. The summed E-state index contributed by atoms with van der Waals surface area (Å²) in [6, 6.07) is 8.10. The molecule has 3 N–H and O–H groups in total. The summed E-state index contributed by atoms with van der Waals surface area (Å²) in [5, 5.41) is 3.08. The largest absolute Gasteiger partial charge is 0.488 e. The number of guanidine groups is 1. The highest BCUT2D eigenvalue weighted by Crippen LogP contribution is 2.27. The Morgan fingerprint density at radius 1 is 1.53 bits per heavy atom. The van der Waals surface area contributed by atoms with E-state index in [0.717, 1.165) is 17.7 Å². The van der Waals surface area contributed by atoms with E-state index in [4.69, 9.17) is 10.5 Å². The maximum atomic E-state index is 5.79. The van der Waals surface area contributed by atoms with E-state index in [1.54, 1.807) is 0 Å². The zero-order chi connectivity index (χ0) is 13.0. The van der Waals surface area contributed by atoms with E-state index < -0.39 is 0 Å². The second-order valence-electron chi connectivity index (χ2n) is 4.59. The lowest BCUT2D eigenvalue weighted by Crippen LogP contribution is -2.39. The molecule has 0 aliphatic carbocycles. The fourth-order valence-electron chi connectivity index (χ4n) is 1.86. The predicted octanol–water partition coefficient (Wildman–Crippen LogP) is 2.09. The van der Waals surface area contributed by atoms with E-state index in [1.807, 2.05) is 25.1 Å². The standard InChI is InChI=1S/C14H19N3O.HI/c1-10(2)8-16-14(15)17-9-12-7-11-5-3-4-6-13(11)18-12;/h3-6,12H,1,7-9H2,2H3,(H3,15,16,17);1H. The average Bonchev–Trinajstić information content (AvgIpc) is 2.76. The molecular weight excluding hydrogens is 353 g/mol. The van der Waals surface area contributed by atoms with Crippen LogP contribution in [0.2, 0.25) is 0 Å². The van der Waals surface area contributed by atoms with Crippen LogP contribution in [0.1, 0.15) is 12.5 Å². The van der Waals surface area contributed by atoms with Crippen molar-refractivity contribution in [2.45, 2.75) is 19.4 Å². The molecule has 1 aromatic carbocycles. The van der Waals surface area contributed by atoms with Crippen LogP contribution in [0.25, 0.3) is 0 Å². The van der Waals surface area contributed by atoms with Crippen molar-refractivity contribution < 1.29 is 4.74 Å². The van der Waals surface area contributed by atoms with Gasteiger partial charge in [0.15, 0.2) is 5.96 Å². The SMILES string of the molecule is C=C(C)CN=C(N)NCC1Cc2ccccc2O1.I. The molecule has 0 aromatic heterocycles. The highest BCUT2D eigenvalue weighted by atomic mass is 127. The summed E-state index contributed by atoms with van der Waals surface area (Å²) in [7, 11) is 0. The number of ether oxygens (including phenoxy) is 1. The fourth-order valence-corrected chi connectivity index (χ4v) is 1.86. The lowest BCUT2D eigenvalue weighted by Gasteiger charge is -2.12. The summed E-state index contributed by atoms with van der Waals surface area (Å²) in [6.07, 6.45) is 1.04. The smallest absolute Gasteiger partial charge is 0.189 e. The average molecular weight is 373 g/mol. The number of halogens is 1. The molecule has 1 unspecified atom stereocenters. The minimum atomic E-state index is 0. The number of rotatable bonds is 4. The molecule has 1 aliphatic heterocycles. The summed E-state index contributed by atoms with van der Waals surface area (Å²) < 4.78 is 5.79. The van der Waals surface area contributed by atoms with E-state index in [1.165, 1.54) is 5.56 Å². The number of benzene rings is 1. The summed E-state index contributed by atoms with van der Waals surface area (Å²) in [4.78, 5) is 4.16. The predicted molar refractivity (Wildman–Crippen MR) is 89.3 cm³/mol. The molecule has 1 heterocycles.